The van der Waals surface area contributed by atoms with Crippen LogP contribution in [0.25, 0.3) is 0 Å². The van der Waals surface area contributed by atoms with Gasteiger partial charge in [-0.2, -0.15) is 0 Å². The minimum absolute atomic E-state index is 0.0739. The lowest BCUT2D eigenvalue weighted by Gasteiger charge is -2.17. The van der Waals surface area contributed by atoms with E-state index in [0.717, 1.165) is 4.88 Å². The van der Waals surface area contributed by atoms with Gasteiger partial charge in [0.1, 0.15) is 5.82 Å². The number of aryl methyl sites for hydroxylation is 1. The zero-order chi connectivity index (χ0) is 15.7. The van der Waals surface area contributed by atoms with Gasteiger partial charge in [0.2, 0.25) is 11.8 Å². The Bertz CT molecular complexity index is 731. The van der Waals surface area contributed by atoms with Gasteiger partial charge in [0.25, 0.3) is 0 Å². The Labute approximate surface area is 130 Å². The molecule has 2 aromatic rings. The fourth-order valence-corrected chi connectivity index (χ4v) is 3.07. The molecule has 0 aliphatic carbocycles. The van der Waals surface area contributed by atoms with Crippen molar-refractivity contribution in [1.82, 2.24) is 4.98 Å². The van der Waals surface area contributed by atoms with Crippen LogP contribution >= 0.6 is 11.3 Å². The monoisotopic (exact) mass is 319 g/mol. The van der Waals surface area contributed by atoms with Gasteiger partial charge < -0.3 is 10.2 Å². The number of carbonyl (C=O) groups excluding carboxylic acids is 2. The van der Waals surface area contributed by atoms with Gasteiger partial charge in [-0.05, 0) is 19.1 Å². The SMILES string of the molecule is Cc1cnc(NC(=O)[C@H]2CC(=O)N(c3ccccc3F)C2)s1. The van der Waals surface area contributed by atoms with Crippen LogP contribution in [0.15, 0.2) is 30.5 Å². The van der Waals surface area contributed by atoms with E-state index in [1.165, 1.54) is 28.4 Å². The number of benzene rings is 1. The number of para-hydroxylation sites is 1. The van der Waals surface area contributed by atoms with Gasteiger partial charge in [0.15, 0.2) is 5.13 Å². The van der Waals surface area contributed by atoms with E-state index in [9.17, 15) is 14.0 Å². The predicted octanol–water partition coefficient (Wildman–Crippen LogP) is 2.58. The van der Waals surface area contributed by atoms with Gasteiger partial charge in [-0.1, -0.05) is 12.1 Å². The molecule has 7 heteroatoms. The van der Waals surface area contributed by atoms with E-state index in [1.54, 1.807) is 18.3 Å². The average Bonchev–Trinajstić information content (AvgIpc) is 3.06. The van der Waals surface area contributed by atoms with Crippen LogP contribution in [-0.4, -0.2) is 23.3 Å². The zero-order valence-electron chi connectivity index (χ0n) is 11.9. The summed E-state index contributed by atoms with van der Waals surface area (Å²) in [7, 11) is 0. The highest BCUT2D eigenvalue weighted by molar-refractivity contribution is 7.15. The lowest BCUT2D eigenvalue weighted by molar-refractivity contribution is -0.122. The second kappa shape index (κ2) is 5.84. The van der Waals surface area contributed by atoms with E-state index >= 15 is 0 Å². The van der Waals surface area contributed by atoms with Crippen LogP contribution < -0.4 is 10.2 Å². The van der Waals surface area contributed by atoms with E-state index in [-0.39, 0.29) is 30.5 Å². The zero-order valence-corrected chi connectivity index (χ0v) is 12.7. The number of amides is 2. The Morgan fingerprint density at radius 2 is 2.23 bits per heavy atom. The topological polar surface area (TPSA) is 62.3 Å². The van der Waals surface area contributed by atoms with Gasteiger partial charge >= 0.3 is 0 Å². The molecule has 0 radical (unpaired) electrons. The number of nitrogens with zero attached hydrogens (tertiary/aromatic N) is 2. The van der Waals surface area contributed by atoms with Crippen molar-refractivity contribution in [2.75, 3.05) is 16.8 Å². The molecule has 1 fully saturated rings. The molecule has 1 aliphatic heterocycles. The number of aromatic nitrogens is 1. The van der Waals surface area contributed by atoms with Crippen LogP contribution in [0.1, 0.15) is 11.3 Å². The summed E-state index contributed by atoms with van der Waals surface area (Å²) in [5.74, 6) is -1.48. The maximum absolute atomic E-state index is 13.8. The van der Waals surface area contributed by atoms with Crippen molar-refractivity contribution in [3.8, 4) is 0 Å². The smallest absolute Gasteiger partial charge is 0.231 e. The lowest BCUT2D eigenvalue weighted by Crippen LogP contribution is -2.28. The third kappa shape index (κ3) is 2.85. The van der Waals surface area contributed by atoms with Crippen molar-refractivity contribution in [1.29, 1.82) is 0 Å². The van der Waals surface area contributed by atoms with Crippen LogP contribution in [0, 0.1) is 18.7 Å². The molecule has 1 N–H and O–H groups in total. The third-order valence-electron chi connectivity index (χ3n) is 3.49. The molecule has 22 heavy (non-hydrogen) atoms. The first-order valence-electron chi connectivity index (χ1n) is 6.83. The lowest BCUT2D eigenvalue weighted by atomic mass is 10.1. The Morgan fingerprint density at radius 3 is 2.91 bits per heavy atom. The number of carbonyl (C=O) groups is 2. The summed E-state index contributed by atoms with van der Waals surface area (Å²) < 4.78 is 13.8. The summed E-state index contributed by atoms with van der Waals surface area (Å²) in [5.41, 5.74) is 0.216. The molecule has 1 aromatic carbocycles. The van der Waals surface area contributed by atoms with Gasteiger partial charge in [-0.3, -0.25) is 9.59 Å². The van der Waals surface area contributed by atoms with Crippen LogP contribution in [0.5, 0.6) is 0 Å². The maximum Gasteiger partial charge on any atom is 0.231 e. The largest absolute Gasteiger partial charge is 0.309 e. The minimum atomic E-state index is -0.503. The summed E-state index contributed by atoms with van der Waals surface area (Å²) in [6.45, 7) is 2.07. The molecule has 0 bridgehead atoms. The first-order valence-corrected chi connectivity index (χ1v) is 7.64. The maximum atomic E-state index is 13.8. The molecule has 0 spiro atoms. The molecule has 1 aliphatic rings. The van der Waals surface area contributed by atoms with Crippen LogP contribution in [-0.2, 0) is 9.59 Å². The fraction of sp³-hybridized carbons (Fsp3) is 0.267. The quantitative estimate of drug-likeness (QED) is 0.946. The molecule has 0 saturated carbocycles. The molecule has 0 unspecified atom stereocenters. The van der Waals surface area contributed by atoms with Crippen molar-refractivity contribution in [2.45, 2.75) is 13.3 Å². The van der Waals surface area contributed by atoms with E-state index < -0.39 is 11.7 Å². The molecule has 2 amide bonds. The molecule has 1 aromatic heterocycles. The number of thiazole rings is 1. The summed E-state index contributed by atoms with van der Waals surface area (Å²) >= 11 is 1.37. The van der Waals surface area contributed by atoms with Gasteiger partial charge in [-0.25, -0.2) is 9.37 Å². The Morgan fingerprint density at radius 1 is 1.45 bits per heavy atom. The van der Waals surface area contributed by atoms with Crippen LogP contribution in [0.4, 0.5) is 15.2 Å². The Hall–Kier alpha value is -2.28. The third-order valence-corrected chi connectivity index (χ3v) is 4.32. The molecular formula is C15H14FN3O2S. The first-order chi connectivity index (χ1) is 10.5. The number of rotatable bonds is 3. The Balaban J connectivity index is 1.71. The van der Waals surface area contributed by atoms with E-state index in [2.05, 4.69) is 10.3 Å². The highest BCUT2D eigenvalue weighted by Crippen LogP contribution is 2.28. The highest BCUT2D eigenvalue weighted by atomic mass is 32.1. The van der Waals surface area contributed by atoms with Gasteiger partial charge in [0.05, 0.1) is 11.6 Å². The van der Waals surface area contributed by atoms with E-state index in [0.29, 0.717) is 5.13 Å². The van der Waals surface area contributed by atoms with Crippen molar-refractivity contribution in [2.24, 2.45) is 5.92 Å². The standard InChI is InChI=1S/C15H14FN3O2S/c1-9-7-17-15(22-9)18-14(21)10-6-13(20)19(8-10)12-5-3-2-4-11(12)16/h2-5,7,10H,6,8H2,1H3,(H,17,18,21)/t10-/m0/s1. The molecule has 3 rings (SSSR count). The highest BCUT2D eigenvalue weighted by Gasteiger charge is 2.36. The normalized spacial score (nSPS) is 17.8. The first kappa shape index (κ1) is 14.6. The van der Waals surface area contributed by atoms with Crippen LogP contribution in [0.3, 0.4) is 0 Å². The molecule has 2 heterocycles. The fourth-order valence-electron chi connectivity index (χ4n) is 2.41. The van der Waals surface area contributed by atoms with Gasteiger partial charge in [0, 0.05) is 24.0 Å². The van der Waals surface area contributed by atoms with Gasteiger partial charge in [-0.15, -0.1) is 11.3 Å². The summed E-state index contributed by atoms with van der Waals surface area (Å²) in [6.07, 6.45) is 1.75. The average molecular weight is 319 g/mol. The second-order valence-electron chi connectivity index (χ2n) is 5.12. The Kier molecular flexibility index (Phi) is 3.89. The van der Waals surface area contributed by atoms with Crippen molar-refractivity contribution in [3.63, 3.8) is 0 Å². The number of hydrogen-bond acceptors (Lipinski definition) is 4. The molecule has 5 nitrogen and oxygen atoms in total. The summed E-state index contributed by atoms with van der Waals surface area (Å²) in [4.78, 5) is 30.7. The predicted molar refractivity (Wildman–Crippen MR) is 82.3 cm³/mol. The number of halogens is 1. The number of anilines is 2. The molecule has 1 atom stereocenters. The number of nitrogens with one attached hydrogen (secondary N) is 1. The molecular weight excluding hydrogens is 305 g/mol. The van der Waals surface area contributed by atoms with Crippen molar-refractivity contribution >= 4 is 34.0 Å². The van der Waals surface area contributed by atoms with Crippen molar-refractivity contribution in [3.05, 3.63) is 41.2 Å². The van der Waals surface area contributed by atoms with E-state index in [1.807, 2.05) is 6.92 Å². The molecule has 1 saturated heterocycles. The molecule has 114 valence electrons. The summed E-state index contributed by atoms with van der Waals surface area (Å²) in [6, 6.07) is 6.07. The van der Waals surface area contributed by atoms with Crippen LogP contribution in [0.2, 0.25) is 0 Å². The summed E-state index contributed by atoms with van der Waals surface area (Å²) in [5, 5.41) is 3.22. The second-order valence-corrected chi connectivity index (χ2v) is 6.36. The number of hydrogen-bond donors (Lipinski definition) is 1. The van der Waals surface area contributed by atoms with E-state index in [4.69, 9.17) is 0 Å². The van der Waals surface area contributed by atoms with Crippen molar-refractivity contribution < 1.29 is 14.0 Å². The minimum Gasteiger partial charge on any atom is -0.309 e.